The molecule has 2 aromatic heterocycles. The number of aliphatic carboxylic acids is 1. The van der Waals surface area contributed by atoms with E-state index in [2.05, 4.69) is 30.0 Å². The van der Waals surface area contributed by atoms with Gasteiger partial charge >= 0.3 is 5.97 Å². The SMILES string of the molecule is Nc1nc(C(=NOC(c2ccccc2)(c2ccccc2)c2ccccc2)C(=O)NC2C(=O)N3CC(CSc4nncs4)(C(=O)O)CS[C@H]23)ns1. The molecule has 3 atom stereocenters. The van der Waals surface area contributed by atoms with E-state index in [1.54, 1.807) is 5.51 Å². The fourth-order valence-corrected chi connectivity index (χ4v) is 9.63. The lowest BCUT2D eigenvalue weighted by Crippen LogP contribution is -2.74. The highest BCUT2D eigenvalue weighted by molar-refractivity contribution is 8.01. The maximum Gasteiger partial charge on any atom is 0.313 e. The maximum absolute atomic E-state index is 14.0. The van der Waals surface area contributed by atoms with Gasteiger partial charge in [0.2, 0.25) is 23.0 Å². The van der Waals surface area contributed by atoms with Gasteiger partial charge in [0, 0.05) is 46.3 Å². The van der Waals surface area contributed by atoms with Gasteiger partial charge in [-0.1, -0.05) is 119 Å². The first kappa shape index (κ1) is 33.6. The highest BCUT2D eigenvalue weighted by atomic mass is 32.2. The maximum atomic E-state index is 14.0. The van der Waals surface area contributed by atoms with Crippen LogP contribution in [0.3, 0.4) is 0 Å². The molecule has 50 heavy (non-hydrogen) atoms. The smallest absolute Gasteiger partial charge is 0.313 e. The van der Waals surface area contributed by atoms with Gasteiger partial charge in [-0.15, -0.1) is 22.0 Å². The molecule has 0 bridgehead atoms. The normalized spacial score (nSPS) is 20.4. The molecule has 2 aliphatic rings. The molecule has 4 N–H and O–H groups in total. The summed E-state index contributed by atoms with van der Waals surface area (Å²) in [6.07, 6.45) is 0. The molecule has 7 rings (SSSR count). The molecule has 2 aliphatic heterocycles. The lowest BCUT2D eigenvalue weighted by atomic mass is 9.80. The minimum Gasteiger partial charge on any atom is -0.481 e. The van der Waals surface area contributed by atoms with Gasteiger partial charge in [-0.05, 0) is 0 Å². The van der Waals surface area contributed by atoms with Crippen molar-refractivity contribution >= 4 is 75.0 Å². The standard InChI is InChI=1S/C33H28N8O5S4/c34-30-37-25(40-50-30)23(39-46-33(20-10-4-1-5-11-20,21-12-6-2-7-13-21)22-14-8-3-9-15-22)26(42)36-24-27(43)41-16-32(29(44)45,17-47-28(24)41)18-48-31-38-35-19-49-31/h1-15,19,24,28H,16-18H2,(H,36,42)(H,44,45)(H2,34,37,40)/t24?,28-,32?/m1/s1. The predicted molar refractivity (Wildman–Crippen MR) is 192 cm³/mol. The van der Waals surface area contributed by atoms with Crippen LogP contribution in [0, 0.1) is 5.41 Å². The van der Waals surface area contributed by atoms with Gasteiger partial charge in [0.1, 0.15) is 22.3 Å². The van der Waals surface area contributed by atoms with Gasteiger partial charge in [0.25, 0.3) is 5.91 Å². The minimum atomic E-state index is -1.30. The number of carbonyl (C=O) groups is 3. The number of fused-ring (bicyclic) bond motifs is 1. The molecule has 254 valence electrons. The molecule has 0 saturated carbocycles. The van der Waals surface area contributed by atoms with Crippen molar-refractivity contribution < 1.29 is 24.3 Å². The average Bonchev–Trinajstić information content (AvgIpc) is 3.84. The Morgan fingerprint density at radius 3 is 2.18 bits per heavy atom. The number of nitrogens with two attached hydrogens (primary N) is 1. The Kier molecular flexibility index (Phi) is 9.54. The predicted octanol–water partition coefficient (Wildman–Crippen LogP) is 3.95. The number of nitrogen functional groups attached to an aromatic ring is 1. The van der Waals surface area contributed by atoms with E-state index in [-0.39, 0.29) is 34.7 Å². The Morgan fingerprint density at radius 2 is 1.66 bits per heavy atom. The highest BCUT2D eigenvalue weighted by Gasteiger charge is 2.57. The summed E-state index contributed by atoms with van der Waals surface area (Å²) in [4.78, 5) is 52.2. The monoisotopic (exact) mass is 744 g/mol. The van der Waals surface area contributed by atoms with Gasteiger partial charge in [-0.2, -0.15) is 9.36 Å². The number of rotatable bonds is 12. The van der Waals surface area contributed by atoms with Crippen LogP contribution in [-0.2, 0) is 24.8 Å². The van der Waals surface area contributed by atoms with Gasteiger partial charge in [-0.25, -0.2) is 0 Å². The molecule has 17 heteroatoms. The van der Waals surface area contributed by atoms with Crippen LogP contribution in [0.5, 0.6) is 0 Å². The second-order valence-electron chi connectivity index (χ2n) is 11.5. The molecule has 2 amide bonds. The number of carbonyl (C=O) groups excluding carboxylic acids is 2. The molecule has 0 radical (unpaired) electrons. The van der Waals surface area contributed by atoms with E-state index < -0.39 is 40.2 Å². The van der Waals surface area contributed by atoms with Gasteiger partial charge in [0.05, 0.1) is 0 Å². The van der Waals surface area contributed by atoms with Gasteiger partial charge in [-0.3, -0.25) is 14.4 Å². The number of thioether (sulfide) groups is 2. The third kappa shape index (κ3) is 6.32. The van der Waals surface area contributed by atoms with Crippen molar-refractivity contribution in [3.63, 3.8) is 0 Å². The number of nitrogens with one attached hydrogen (secondary N) is 1. The summed E-state index contributed by atoms with van der Waals surface area (Å²) in [5.41, 5.74) is 6.99. The van der Waals surface area contributed by atoms with Crippen molar-refractivity contribution in [2.24, 2.45) is 10.6 Å². The fraction of sp³-hybridized carbons (Fsp3) is 0.212. The Morgan fingerprint density at radius 1 is 1.04 bits per heavy atom. The van der Waals surface area contributed by atoms with Crippen LogP contribution in [0.4, 0.5) is 5.13 Å². The van der Waals surface area contributed by atoms with E-state index in [4.69, 9.17) is 10.6 Å². The summed E-state index contributed by atoms with van der Waals surface area (Å²) in [5.74, 6) is -1.76. The van der Waals surface area contributed by atoms with Crippen LogP contribution in [0.2, 0.25) is 0 Å². The number of aromatic nitrogens is 4. The summed E-state index contributed by atoms with van der Waals surface area (Å²) in [7, 11) is 0. The molecule has 2 unspecified atom stereocenters. The molecule has 2 saturated heterocycles. The minimum absolute atomic E-state index is 0.00100. The summed E-state index contributed by atoms with van der Waals surface area (Å²) >= 11 is 4.82. The van der Waals surface area contributed by atoms with E-state index >= 15 is 0 Å². The first-order valence-electron chi connectivity index (χ1n) is 15.2. The number of anilines is 1. The van der Waals surface area contributed by atoms with Crippen LogP contribution in [0.25, 0.3) is 0 Å². The Labute approximate surface area is 302 Å². The third-order valence-electron chi connectivity index (χ3n) is 8.38. The topological polar surface area (TPSA) is 186 Å². The number of hydrogen-bond acceptors (Lipinski definition) is 14. The second kappa shape index (κ2) is 14.2. The van der Waals surface area contributed by atoms with Crippen molar-refractivity contribution in [1.29, 1.82) is 0 Å². The molecule has 0 spiro atoms. The second-order valence-corrected chi connectivity index (χ2v) is 15.4. The largest absolute Gasteiger partial charge is 0.481 e. The summed E-state index contributed by atoms with van der Waals surface area (Å²) in [5, 5.41) is 24.9. The number of hydrogen-bond donors (Lipinski definition) is 3. The zero-order valence-electron chi connectivity index (χ0n) is 26.0. The zero-order valence-corrected chi connectivity index (χ0v) is 29.3. The molecular weight excluding hydrogens is 717 g/mol. The molecule has 0 aliphatic carbocycles. The Balaban J connectivity index is 1.18. The van der Waals surface area contributed by atoms with E-state index in [1.165, 1.54) is 39.8 Å². The van der Waals surface area contributed by atoms with E-state index in [9.17, 15) is 19.5 Å². The molecule has 2 fully saturated rings. The number of oxime groups is 1. The molecule has 5 aromatic rings. The first-order valence-corrected chi connectivity index (χ1v) is 18.9. The van der Waals surface area contributed by atoms with Crippen molar-refractivity contribution in [3.05, 3.63) is 119 Å². The van der Waals surface area contributed by atoms with Crippen LogP contribution < -0.4 is 11.1 Å². The highest BCUT2D eigenvalue weighted by Crippen LogP contribution is 2.45. The van der Waals surface area contributed by atoms with Gasteiger partial charge in [0.15, 0.2) is 9.47 Å². The van der Waals surface area contributed by atoms with E-state index in [0.29, 0.717) is 4.34 Å². The molecule has 13 nitrogen and oxygen atoms in total. The number of benzene rings is 3. The van der Waals surface area contributed by atoms with Crippen molar-refractivity contribution in [2.45, 2.75) is 21.4 Å². The van der Waals surface area contributed by atoms with Crippen molar-refractivity contribution in [1.82, 2.24) is 29.8 Å². The summed E-state index contributed by atoms with van der Waals surface area (Å²) in [6.45, 7) is -0.00100. The number of carboxylic acid groups (broad SMARTS) is 1. The van der Waals surface area contributed by atoms with Crippen LogP contribution in [0.15, 0.2) is 106 Å². The number of β-lactam (4-membered cyclic amide) rings is 1. The zero-order chi connectivity index (χ0) is 34.7. The summed E-state index contributed by atoms with van der Waals surface area (Å²) in [6, 6.07) is 27.6. The molecule has 4 heterocycles. The van der Waals surface area contributed by atoms with Gasteiger partial charge < -0.3 is 25.9 Å². The van der Waals surface area contributed by atoms with E-state index in [1.807, 2.05) is 91.0 Å². The van der Waals surface area contributed by atoms with Crippen LogP contribution in [-0.4, -0.2) is 82.5 Å². The van der Waals surface area contributed by atoms with Crippen molar-refractivity contribution in [2.75, 3.05) is 23.8 Å². The fourth-order valence-electron chi connectivity index (χ4n) is 5.85. The number of carboxylic acids is 1. The lowest BCUT2D eigenvalue weighted by molar-refractivity contribution is -0.157. The van der Waals surface area contributed by atoms with Crippen molar-refractivity contribution in [3.8, 4) is 0 Å². The number of nitrogens with zero attached hydrogens (tertiary/aromatic N) is 6. The average molecular weight is 745 g/mol. The van der Waals surface area contributed by atoms with Crippen LogP contribution >= 0.6 is 46.4 Å². The Bertz CT molecular complexity index is 1920. The molecule has 3 aromatic carbocycles. The van der Waals surface area contributed by atoms with Crippen LogP contribution in [0.1, 0.15) is 22.5 Å². The Hall–Kier alpha value is -4.84. The van der Waals surface area contributed by atoms with E-state index in [0.717, 1.165) is 28.2 Å². The lowest BCUT2D eigenvalue weighted by Gasteiger charge is -2.53. The third-order valence-corrected chi connectivity index (χ3v) is 12.7. The number of amides is 2. The summed E-state index contributed by atoms with van der Waals surface area (Å²) < 4.78 is 4.90. The quantitative estimate of drug-likeness (QED) is 0.0550. The first-order chi connectivity index (χ1) is 24.3. The molecular formula is C33H28N8O5S4.